The van der Waals surface area contributed by atoms with Gasteiger partial charge in [0, 0.05) is 31.7 Å². The van der Waals surface area contributed by atoms with E-state index >= 15 is 0 Å². The number of nitrogens with zero attached hydrogens (tertiary/aromatic N) is 3. The van der Waals surface area contributed by atoms with Crippen molar-refractivity contribution in [3.05, 3.63) is 59.7 Å². The number of hydrogen-bond acceptors (Lipinski definition) is 5. The van der Waals surface area contributed by atoms with Crippen LogP contribution in [0.15, 0.2) is 42.5 Å². The molecule has 1 aliphatic heterocycles. The first-order valence-electron chi connectivity index (χ1n) is 9.04. The summed E-state index contributed by atoms with van der Waals surface area (Å²) in [7, 11) is 0. The van der Waals surface area contributed by atoms with Crippen LogP contribution in [0.4, 0.5) is 13.9 Å². The molecule has 28 heavy (non-hydrogen) atoms. The second kappa shape index (κ2) is 8.30. The third-order valence-corrected chi connectivity index (χ3v) is 5.69. The van der Waals surface area contributed by atoms with E-state index in [4.69, 9.17) is 4.74 Å². The van der Waals surface area contributed by atoms with Crippen molar-refractivity contribution in [3.63, 3.8) is 0 Å². The lowest BCUT2D eigenvalue weighted by Gasteiger charge is -2.29. The van der Waals surface area contributed by atoms with Gasteiger partial charge in [-0.05, 0) is 30.3 Å². The number of anilines is 1. The van der Waals surface area contributed by atoms with Gasteiger partial charge >= 0.3 is 0 Å². The Morgan fingerprint density at radius 3 is 2.71 bits per heavy atom. The van der Waals surface area contributed by atoms with Crippen molar-refractivity contribution in [3.8, 4) is 0 Å². The Hall–Kier alpha value is -2.42. The third-order valence-electron chi connectivity index (χ3n) is 4.65. The Morgan fingerprint density at radius 2 is 1.96 bits per heavy atom. The molecule has 2 aromatic carbocycles. The summed E-state index contributed by atoms with van der Waals surface area (Å²) in [6, 6.07) is 10.3. The average molecular weight is 403 g/mol. The summed E-state index contributed by atoms with van der Waals surface area (Å²) in [6.07, 6.45) is 0. The number of hydrogen-bond donors (Lipinski definition) is 0. The summed E-state index contributed by atoms with van der Waals surface area (Å²) in [5, 5.41) is 0.405. The lowest BCUT2D eigenvalue weighted by Crippen LogP contribution is -2.43. The van der Waals surface area contributed by atoms with E-state index in [-0.39, 0.29) is 17.0 Å². The summed E-state index contributed by atoms with van der Waals surface area (Å²) >= 11 is 1.25. The van der Waals surface area contributed by atoms with E-state index in [0.717, 1.165) is 13.1 Å². The molecule has 0 spiro atoms. The van der Waals surface area contributed by atoms with Crippen LogP contribution in [0, 0.1) is 11.6 Å². The number of ether oxygens (including phenoxy) is 1. The molecular formula is C20H19F2N3O2S. The van der Waals surface area contributed by atoms with Crippen molar-refractivity contribution >= 4 is 32.6 Å². The minimum Gasteiger partial charge on any atom is -0.379 e. The monoisotopic (exact) mass is 403 g/mol. The Balaban J connectivity index is 1.65. The van der Waals surface area contributed by atoms with Crippen LogP contribution in [-0.2, 0) is 4.74 Å². The van der Waals surface area contributed by atoms with Gasteiger partial charge in [0.2, 0.25) is 0 Å². The highest BCUT2D eigenvalue weighted by Crippen LogP contribution is 2.31. The molecule has 2 heterocycles. The molecule has 0 atom stereocenters. The maximum absolute atomic E-state index is 14.1. The predicted molar refractivity (Wildman–Crippen MR) is 105 cm³/mol. The Kier molecular flexibility index (Phi) is 5.61. The van der Waals surface area contributed by atoms with Gasteiger partial charge in [0.15, 0.2) is 5.13 Å². The van der Waals surface area contributed by atoms with E-state index in [1.807, 2.05) is 0 Å². The van der Waals surface area contributed by atoms with Crippen molar-refractivity contribution in [2.75, 3.05) is 44.3 Å². The first kappa shape index (κ1) is 18.9. The highest BCUT2D eigenvalue weighted by atomic mass is 32.1. The fourth-order valence-corrected chi connectivity index (χ4v) is 4.15. The van der Waals surface area contributed by atoms with Gasteiger partial charge in [0.1, 0.15) is 17.2 Å². The van der Waals surface area contributed by atoms with Gasteiger partial charge in [-0.15, -0.1) is 0 Å². The zero-order chi connectivity index (χ0) is 19.5. The maximum Gasteiger partial charge on any atom is 0.260 e. The number of para-hydroxylation sites is 1. The SMILES string of the molecule is O=C(c1cccc(F)c1)N(CCN1CCOCC1)c1nc2c(F)cccc2s1. The molecule has 1 fully saturated rings. The summed E-state index contributed by atoms with van der Waals surface area (Å²) < 4.78 is 33.7. The van der Waals surface area contributed by atoms with E-state index in [0.29, 0.717) is 36.1 Å². The smallest absolute Gasteiger partial charge is 0.260 e. The summed E-state index contributed by atoms with van der Waals surface area (Å²) in [5.41, 5.74) is 0.479. The first-order chi connectivity index (χ1) is 13.6. The summed E-state index contributed by atoms with van der Waals surface area (Å²) in [5.74, 6) is -1.26. The molecule has 1 aromatic heterocycles. The lowest BCUT2D eigenvalue weighted by atomic mass is 10.2. The molecule has 146 valence electrons. The number of carbonyl (C=O) groups is 1. The number of rotatable bonds is 5. The number of benzene rings is 2. The number of amides is 1. The molecule has 0 N–H and O–H groups in total. The maximum atomic E-state index is 14.1. The fraction of sp³-hybridized carbons (Fsp3) is 0.300. The second-order valence-electron chi connectivity index (χ2n) is 6.50. The first-order valence-corrected chi connectivity index (χ1v) is 9.86. The number of morpholine rings is 1. The number of halogens is 2. The zero-order valence-electron chi connectivity index (χ0n) is 15.1. The van der Waals surface area contributed by atoms with Crippen LogP contribution in [0.25, 0.3) is 10.2 Å². The number of aromatic nitrogens is 1. The van der Waals surface area contributed by atoms with E-state index in [9.17, 15) is 13.6 Å². The van der Waals surface area contributed by atoms with Crippen LogP contribution >= 0.6 is 11.3 Å². The van der Waals surface area contributed by atoms with Gasteiger partial charge < -0.3 is 4.74 Å². The van der Waals surface area contributed by atoms with Crippen LogP contribution < -0.4 is 4.90 Å². The van der Waals surface area contributed by atoms with Gasteiger partial charge in [0.25, 0.3) is 5.91 Å². The van der Waals surface area contributed by atoms with E-state index < -0.39 is 11.6 Å². The largest absolute Gasteiger partial charge is 0.379 e. The van der Waals surface area contributed by atoms with Gasteiger partial charge in [-0.2, -0.15) is 0 Å². The van der Waals surface area contributed by atoms with E-state index in [1.165, 1.54) is 40.5 Å². The van der Waals surface area contributed by atoms with Gasteiger partial charge in [-0.3, -0.25) is 14.6 Å². The van der Waals surface area contributed by atoms with Crippen molar-refractivity contribution < 1.29 is 18.3 Å². The minimum atomic E-state index is -0.477. The van der Waals surface area contributed by atoms with Crippen LogP contribution in [0.5, 0.6) is 0 Å². The highest BCUT2D eigenvalue weighted by molar-refractivity contribution is 7.22. The van der Waals surface area contributed by atoms with Crippen LogP contribution in [0.2, 0.25) is 0 Å². The van der Waals surface area contributed by atoms with Crippen LogP contribution in [0.1, 0.15) is 10.4 Å². The topological polar surface area (TPSA) is 45.7 Å². The van der Waals surface area contributed by atoms with Crippen molar-refractivity contribution in [1.82, 2.24) is 9.88 Å². The quantitative estimate of drug-likeness (QED) is 0.654. The molecule has 0 bridgehead atoms. The van der Waals surface area contributed by atoms with Crippen molar-refractivity contribution in [2.24, 2.45) is 0 Å². The third kappa shape index (κ3) is 4.04. The molecule has 8 heteroatoms. The lowest BCUT2D eigenvalue weighted by molar-refractivity contribution is 0.0391. The van der Waals surface area contributed by atoms with Gasteiger partial charge in [-0.25, -0.2) is 13.8 Å². The average Bonchev–Trinajstić information content (AvgIpc) is 3.14. The number of thiazole rings is 1. The van der Waals surface area contributed by atoms with Crippen molar-refractivity contribution in [1.29, 1.82) is 0 Å². The molecule has 3 aromatic rings. The van der Waals surface area contributed by atoms with Gasteiger partial charge in [-0.1, -0.05) is 23.5 Å². The van der Waals surface area contributed by atoms with E-state index in [1.54, 1.807) is 18.2 Å². The Labute approximate surface area is 165 Å². The molecular weight excluding hydrogens is 384 g/mol. The summed E-state index contributed by atoms with van der Waals surface area (Å²) in [4.78, 5) is 21.2. The number of carbonyl (C=O) groups excluding carboxylic acids is 1. The fourth-order valence-electron chi connectivity index (χ4n) is 3.15. The highest BCUT2D eigenvalue weighted by Gasteiger charge is 2.23. The molecule has 1 aliphatic rings. The molecule has 0 radical (unpaired) electrons. The zero-order valence-corrected chi connectivity index (χ0v) is 15.9. The minimum absolute atomic E-state index is 0.238. The molecule has 0 saturated carbocycles. The van der Waals surface area contributed by atoms with Crippen LogP contribution in [-0.4, -0.2) is 55.2 Å². The Bertz CT molecular complexity index is 988. The molecule has 1 saturated heterocycles. The molecule has 5 nitrogen and oxygen atoms in total. The Morgan fingerprint density at radius 1 is 1.18 bits per heavy atom. The van der Waals surface area contributed by atoms with Gasteiger partial charge in [0.05, 0.1) is 17.9 Å². The normalized spacial score (nSPS) is 15.1. The predicted octanol–water partition coefficient (Wildman–Crippen LogP) is 3.55. The molecule has 1 amide bonds. The standard InChI is InChI=1S/C20H19F2N3O2S/c21-15-4-1-3-14(13-15)19(26)25(8-7-24-9-11-27-12-10-24)20-23-18-16(22)5-2-6-17(18)28-20/h1-6,13H,7-12H2. The number of fused-ring (bicyclic) bond motifs is 1. The molecule has 0 unspecified atom stereocenters. The van der Waals surface area contributed by atoms with E-state index in [2.05, 4.69) is 9.88 Å². The van der Waals surface area contributed by atoms with Crippen molar-refractivity contribution in [2.45, 2.75) is 0 Å². The van der Waals surface area contributed by atoms with Crippen LogP contribution in [0.3, 0.4) is 0 Å². The molecule has 0 aliphatic carbocycles. The molecule has 4 rings (SSSR count). The summed E-state index contributed by atoms with van der Waals surface area (Å²) in [6.45, 7) is 3.89. The second-order valence-corrected chi connectivity index (χ2v) is 7.51.